The number of carbonyl (C=O) groups excluding carboxylic acids is 8. The van der Waals surface area contributed by atoms with Crippen LogP contribution in [0.1, 0.15) is 131 Å². The van der Waals surface area contributed by atoms with Gasteiger partial charge in [-0.25, -0.2) is 14.0 Å². The minimum Gasteiger partial charge on any atom is -0.445 e. The Morgan fingerprint density at radius 3 is 2.29 bits per heavy atom. The number of halogens is 2. The summed E-state index contributed by atoms with van der Waals surface area (Å²) in [5, 5.41) is 11.2. The number of Topliss-reactive ketones (excluding diaryl/α,β-unsaturated/α-hetero) is 2. The molecule has 7 amide bonds. The summed E-state index contributed by atoms with van der Waals surface area (Å²) in [6, 6.07) is 5.93. The van der Waals surface area contributed by atoms with Gasteiger partial charge in [-0.1, -0.05) is 44.0 Å². The number of nitrogens with zero attached hydrogens (tertiary/aromatic N) is 2. The first kappa shape index (κ1) is 51.0. The highest BCUT2D eigenvalue weighted by atomic mass is 35.5. The van der Waals surface area contributed by atoms with Crippen molar-refractivity contribution in [1.82, 2.24) is 25.4 Å². The Bertz CT molecular complexity index is 2520. The van der Waals surface area contributed by atoms with Crippen LogP contribution in [0, 0.1) is 17.7 Å². The molecule has 2 saturated carbocycles. The molecule has 2 unspecified atom stereocenters. The smallest absolute Gasteiger partial charge is 0.407 e. The number of aromatic nitrogens is 1. The van der Waals surface area contributed by atoms with E-state index in [-0.39, 0.29) is 108 Å². The zero-order valence-corrected chi connectivity index (χ0v) is 39.3. The van der Waals surface area contributed by atoms with Crippen LogP contribution in [0.2, 0.25) is 5.02 Å². The highest BCUT2D eigenvalue weighted by molar-refractivity contribution is 6.36. The number of primary amides is 1. The number of imide groups is 1. The third-order valence-corrected chi connectivity index (χ3v) is 13.1. The largest absolute Gasteiger partial charge is 0.445 e. The Kier molecular flexibility index (Phi) is 17.3. The fourth-order valence-corrected chi connectivity index (χ4v) is 9.33. The van der Waals surface area contributed by atoms with Crippen LogP contribution < -0.4 is 32.4 Å². The number of ether oxygens (including phenoxy) is 1. The third kappa shape index (κ3) is 13.2. The predicted molar refractivity (Wildman–Crippen MR) is 251 cm³/mol. The molecule has 2 fully saturated rings. The summed E-state index contributed by atoms with van der Waals surface area (Å²) in [4.78, 5) is 114. The van der Waals surface area contributed by atoms with Gasteiger partial charge in [0, 0.05) is 73.5 Å². The highest BCUT2D eigenvalue weighted by Gasteiger charge is 2.35. The molecule has 0 bridgehead atoms. The number of alkyl carbamates (subject to hydrolysis) is 1. The Morgan fingerprint density at radius 1 is 0.941 bits per heavy atom. The maximum atomic E-state index is 15.7. The first-order chi connectivity index (χ1) is 32.4. The fraction of sp³-hybridized carbons (Fsp3) is 0.490. The van der Waals surface area contributed by atoms with Crippen molar-refractivity contribution in [1.29, 1.82) is 0 Å². The summed E-state index contributed by atoms with van der Waals surface area (Å²) in [6.45, 7) is 5.24. The average molecular weight is 961 g/mol. The molecule has 0 radical (unpaired) electrons. The van der Waals surface area contributed by atoms with Gasteiger partial charge in [0.1, 0.15) is 12.4 Å². The lowest BCUT2D eigenvalue weighted by molar-refractivity contribution is -0.137. The second kappa shape index (κ2) is 23.0. The summed E-state index contributed by atoms with van der Waals surface area (Å²) >= 11 is 6.89. The van der Waals surface area contributed by atoms with E-state index in [1.807, 2.05) is 4.57 Å². The molecule has 2 aliphatic carbocycles. The van der Waals surface area contributed by atoms with Gasteiger partial charge in [0.2, 0.25) is 11.8 Å². The zero-order chi connectivity index (χ0) is 49.2. The van der Waals surface area contributed by atoms with Gasteiger partial charge in [-0.3, -0.25) is 38.5 Å². The van der Waals surface area contributed by atoms with Crippen LogP contribution in [0.3, 0.4) is 0 Å². The molecular formula is C49H59ClFN7O10. The summed E-state index contributed by atoms with van der Waals surface area (Å²) < 4.78 is 23.1. The third-order valence-electron chi connectivity index (χ3n) is 12.7. The van der Waals surface area contributed by atoms with Gasteiger partial charge in [0.25, 0.3) is 11.8 Å². The van der Waals surface area contributed by atoms with Gasteiger partial charge in [0.05, 0.1) is 27.5 Å². The molecule has 6 N–H and O–H groups in total. The van der Waals surface area contributed by atoms with Crippen LogP contribution in [0.15, 0.2) is 53.5 Å². The molecule has 0 spiro atoms. The molecule has 1 aliphatic heterocycles. The van der Waals surface area contributed by atoms with Crippen LogP contribution >= 0.6 is 11.6 Å². The Balaban J connectivity index is 0.987. The van der Waals surface area contributed by atoms with Crippen molar-refractivity contribution >= 4 is 75.5 Å². The summed E-state index contributed by atoms with van der Waals surface area (Å²) in [5.74, 6) is -4.29. The van der Waals surface area contributed by atoms with E-state index in [1.54, 1.807) is 38.1 Å². The van der Waals surface area contributed by atoms with Crippen LogP contribution in [0.25, 0.3) is 10.9 Å². The maximum Gasteiger partial charge on any atom is 0.407 e. The van der Waals surface area contributed by atoms with Gasteiger partial charge >= 0.3 is 12.1 Å². The molecule has 364 valence electrons. The molecular weight excluding hydrogens is 901 g/mol. The van der Waals surface area contributed by atoms with Crippen molar-refractivity contribution in [3.63, 3.8) is 0 Å². The molecule has 68 heavy (non-hydrogen) atoms. The molecule has 0 saturated heterocycles. The number of hydrogen-bond acceptors (Lipinski definition) is 10. The lowest BCUT2D eigenvalue weighted by Gasteiger charge is -2.24. The minimum atomic E-state index is -0.859. The van der Waals surface area contributed by atoms with Gasteiger partial charge in [-0.15, -0.1) is 0 Å². The molecule has 6 rings (SSSR count). The van der Waals surface area contributed by atoms with Crippen molar-refractivity contribution < 1.29 is 47.5 Å². The van der Waals surface area contributed by atoms with Crippen molar-refractivity contribution in [2.45, 2.75) is 128 Å². The molecule has 17 nitrogen and oxygen atoms in total. The number of benzene rings is 2. The SMILES string of the molecule is CC(=O)c1cn(C2CC2)c2c(Cl)c(C3CCC(NC(=O)OCc4ccc(NC(=O)[C@H](CCCNC(N)=O)CC(=O)[C@@H](NC(=O)CCCCCN5C(=O)C=CC5=O)C(C)C)cc4)C3)c(F)cc2c1=O. The van der Waals surface area contributed by atoms with Crippen LogP contribution in [-0.4, -0.2) is 82.0 Å². The molecule has 4 atom stereocenters. The molecule has 2 heterocycles. The second-order valence-electron chi connectivity index (χ2n) is 18.2. The number of fused-ring (bicyclic) bond motifs is 1. The number of urea groups is 1. The first-order valence-electron chi connectivity index (χ1n) is 23.2. The van der Waals surface area contributed by atoms with Crippen molar-refractivity contribution in [3.05, 3.63) is 86.4 Å². The van der Waals surface area contributed by atoms with Crippen molar-refractivity contribution in [2.75, 3.05) is 18.4 Å². The highest BCUT2D eigenvalue weighted by Crippen LogP contribution is 2.44. The quantitative estimate of drug-likeness (QED) is 0.0393. The topological polar surface area (TPSA) is 245 Å². The lowest BCUT2D eigenvalue weighted by atomic mass is 9.89. The van der Waals surface area contributed by atoms with Crippen LogP contribution in [0.4, 0.5) is 19.7 Å². The van der Waals surface area contributed by atoms with Crippen LogP contribution in [-0.2, 0) is 35.3 Å². The number of rotatable bonds is 23. The van der Waals surface area contributed by atoms with Gasteiger partial charge in [-0.05, 0) is 100 Å². The van der Waals surface area contributed by atoms with E-state index in [4.69, 9.17) is 22.1 Å². The maximum absolute atomic E-state index is 15.7. The van der Waals surface area contributed by atoms with E-state index in [2.05, 4.69) is 21.3 Å². The predicted octanol–water partition coefficient (Wildman–Crippen LogP) is 6.48. The van der Waals surface area contributed by atoms with E-state index in [0.29, 0.717) is 61.7 Å². The average Bonchev–Trinajstić information content (AvgIpc) is 3.96. The monoisotopic (exact) mass is 959 g/mol. The number of nitrogens with one attached hydrogen (secondary N) is 4. The van der Waals surface area contributed by atoms with Gasteiger partial charge in [-0.2, -0.15) is 0 Å². The Morgan fingerprint density at radius 2 is 1.65 bits per heavy atom. The normalized spacial score (nSPS) is 17.6. The number of unbranched alkanes of at least 4 members (excludes halogenated alkanes) is 2. The standard InChI is InChI=1S/C49H59ClFN7O10/c1-27(2)44(56-39(61)9-5-4-6-21-57-40(62)18-19-41(57)63)38(60)23-31(8-7-20-53-48(52)66)47(65)54-32-13-10-29(11-14-32)26-68-49(67)55-33-15-12-30(22-33)42-37(51)24-35-45(43(42)50)58(34-16-17-34)25-36(28(3)59)46(35)64/h10-11,13-14,18-19,24-25,27,30-31,33-34,44H,4-9,12,15-17,20-23,26H2,1-3H3,(H,54,65)(H,55,67)(H,56,61)(H3,52,53,66)/t30?,31-,33?,44+/m1/s1. The van der Waals surface area contributed by atoms with E-state index in [9.17, 15) is 43.2 Å². The van der Waals surface area contributed by atoms with E-state index in [1.165, 1.54) is 31.3 Å². The van der Waals surface area contributed by atoms with Crippen molar-refractivity contribution in [2.24, 2.45) is 17.6 Å². The Hall–Kier alpha value is -6.43. The minimum absolute atomic E-state index is 0.00632. The summed E-state index contributed by atoms with van der Waals surface area (Å²) in [5.41, 5.74) is 6.38. The number of amides is 7. The van der Waals surface area contributed by atoms with E-state index < -0.39 is 47.0 Å². The fourth-order valence-electron chi connectivity index (χ4n) is 8.89. The molecule has 3 aromatic rings. The zero-order valence-electron chi connectivity index (χ0n) is 38.5. The number of pyridine rings is 1. The number of nitrogens with two attached hydrogens (primary N) is 1. The lowest BCUT2D eigenvalue weighted by Crippen LogP contribution is -2.45. The molecule has 19 heteroatoms. The second-order valence-corrected chi connectivity index (χ2v) is 18.6. The van der Waals surface area contributed by atoms with E-state index >= 15 is 4.39 Å². The number of carbonyl (C=O) groups is 8. The van der Waals surface area contributed by atoms with Gasteiger partial charge < -0.3 is 36.3 Å². The number of anilines is 1. The molecule has 2 aromatic carbocycles. The number of ketones is 2. The van der Waals surface area contributed by atoms with E-state index in [0.717, 1.165) is 17.7 Å². The Labute approximate surface area is 398 Å². The van der Waals surface area contributed by atoms with Gasteiger partial charge in [0.15, 0.2) is 17.0 Å². The van der Waals surface area contributed by atoms with Crippen molar-refractivity contribution in [3.8, 4) is 0 Å². The van der Waals surface area contributed by atoms with Crippen LogP contribution in [0.5, 0.6) is 0 Å². The molecule has 1 aromatic heterocycles. The number of hydrogen-bond donors (Lipinski definition) is 5. The first-order valence-corrected chi connectivity index (χ1v) is 23.6. The summed E-state index contributed by atoms with van der Waals surface area (Å²) in [6.07, 6.45) is 8.60. The summed E-state index contributed by atoms with van der Waals surface area (Å²) in [7, 11) is 0. The molecule has 3 aliphatic rings.